The average Bonchev–Trinajstić information content (AvgIpc) is 3.11. The second-order valence-electron chi connectivity index (χ2n) is 7.41. The first-order valence-electron chi connectivity index (χ1n) is 10.0. The fourth-order valence-corrected chi connectivity index (χ4v) is 3.84. The molecule has 1 atom stereocenters. The van der Waals surface area contributed by atoms with Gasteiger partial charge in [0, 0.05) is 42.2 Å². The minimum Gasteiger partial charge on any atom is -0.481 e. The molecule has 0 saturated heterocycles. The van der Waals surface area contributed by atoms with Gasteiger partial charge in [-0.2, -0.15) is 0 Å². The standard InChI is InChI=1S/C24H23N3O3/c28-20-15-16(6-4-5-9-21(29)30)14-19-22(20)24(26-18-7-2-1-3-8-18)23(27-19)17-10-12-25-13-11-17/h1-4,6-8,10-13,16,26-27H,5,9,14-15H2,(H,29,30)/b6-4-. The molecule has 1 aliphatic carbocycles. The minimum absolute atomic E-state index is 0.0623. The Morgan fingerprint density at radius 2 is 1.93 bits per heavy atom. The summed E-state index contributed by atoms with van der Waals surface area (Å²) in [5, 5.41) is 12.2. The molecular formula is C24H23N3O3. The number of aromatic amines is 1. The van der Waals surface area contributed by atoms with Crippen molar-refractivity contribution in [3.05, 3.63) is 78.3 Å². The fourth-order valence-electron chi connectivity index (χ4n) is 3.84. The van der Waals surface area contributed by atoms with Gasteiger partial charge in [0.15, 0.2) is 5.78 Å². The monoisotopic (exact) mass is 401 g/mol. The first-order chi connectivity index (χ1) is 14.6. The van der Waals surface area contributed by atoms with E-state index in [1.807, 2.05) is 54.6 Å². The van der Waals surface area contributed by atoms with Crippen molar-refractivity contribution in [1.82, 2.24) is 9.97 Å². The molecule has 1 aliphatic rings. The molecule has 0 spiro atoms. The Balaban J connectivity index is 1.67. The number of benzene rings is 1. The van der Waals surface area contributed by atoms with Crippen LogP contribution in [-0.2, 0) is 11.2 Å². The molecule has 30 heavy (non-hydrogen) atoms. The van der Waals surface area contributed by atoms with E-state index >= 15 is 0 Å². The molecule has 152 valence electrons. The van der Waals surface area contributed by atoms with Gasteiger partial charge >= 0.3 is 5.97 Å². The van der Waals surface area contributed by atoms with Crippen LogP contribution in [0.15, 0.2) is 67.0 Å². The number of pyridine rings is 1. The van der Waals surface area contributed by atoms with Crippen LogP contribution in [0.25, 0.3) is 11.3 Å². The Morgan fingerprint density at radius 1 is 1.17 bits per heavy atom. The van der Waals surface area contributed by atoms with E-state index in [0.717, 1.165) is 28.3 Å². The van der Waals surface area contributed by atoms with Crippen molar-refractivity contribution in [2.45, 2.75) is 25.7 Å². The number of allylic oxidation sites excluding steroid dienone is 2. The van der Waals surface area contributed by atoms with E-state index in [1.54, 1.807) is 12.4 Å². The number of ketones is 1. The van der Waals surface area contributed by atoms with Crippen LogP contribution < -0.4 is 5.32 Å². The molecule has 0 amide bonds. The van der Waals surface area contributed by atoms with Gasteiger partial charge in [0.05, 0.1) is 16.9 Å². The molecule has 2 heterocycles. The number of anilines is 2. The van der Waals surface area contributed by atoms with Crippen LogP contribution in [-0.4, -0.2) is 26.8 Å². The van der Waals surface area contributed by atoms with Gasteiger partial charge in [-0.15, -0.1) is 0 Å². The van der Waals surface area contributed by atoms with Gasteiger partial charge in [0.25, 0.3) is 0 Å². The zero-order valence-corrected chi connectivity index (χ0v) is 16.5. The third-order valence-corrected chi connectivity index (χ3v) is 5.22. The van der Waals surface area contributed by atoms with Gasteiger partial charge in [-0.1, -0.05) is 30.4 Å². The van der Waals surface area contributed by atoms with E-state index < -0.39 is 5.97 Å². The summed E-state index contributed by atoms with van der Waals surface area (Å²) >= 11 is 0. The van der Waals surface area contributed by atoms with Crippen molar-refractivity contribution < 1.29 is 14.7 Å². The number of aliphatic carboxylic acids is 1. The summed E-state index contributed by atoms with van der Waals surface area (Å²) in [4.78, 5) is 31.3. The molecule has 4 rings (SSSR count). The number of carbonyl (C=O) groups excluding carboxylic acids is 1. The molecule has 1 aromatic carbocycles. The number of carboxylic acids is 1. The van der Waals surface area contributed by atoms with Crippen molar-refractivity contribution >= 4 is 23.1 Å². The number of rotatable bonds is 7. The van der Waals surface area contributed by atoms with E-state index in [4.69, 9.17) is 5.11 Å². The molecule has 3 N–H and O–H groups in total. The number of fused-ring (bicyclic) bond motifs is 1. The van der Waals surface area contributed by atoms with Gasteiger partial charge in [0.2, 0.25) is 0 Å². The Morgan fingerprint density at radius 3 is 2.67 bits per heavy atom. The quantitative estimate of drug-likeness (QED) is 0.485. The van der Waals surface area contributed by atoms with Gasteiger partial charge < -0.3 is 15.4 Å². The lowest BCUT2D eigenvalue weighted by molar-refractivity contribution is -0.136. The number of hydrogen-bond donors (Lipinski definition) is 3. The molecule has 0 bridgehead atoms. The minimum atomic E-state index is -0.815. The third-order valence-electron chi connectivity index (χ3n) is 5.22. The number of Topliss-reactive ketones (excluding diaryl/α,β-unsaturated/α-hetero) is 1. The zero-order chi connectivity index (χ0) is 20.9. The van der Waals surface area contributed by atoms with E-state index in [2.05, 4.69) is 15.3 Å². The van der Waals surface area contributed by atoms with Crippen LogP contribution in [0.1, 0.15) is 35.3 Å². The number of nitrogens with one attached hydrogen (secondary N) is 2. The maximum atomic E-state index is 13.1. The molecule has 1 unspecified atom stereocenters. The van der Waals surface area contributed by atoms with Crippen LogP contribution >= 0.6 is 0 Å². The molecule has 6 nitrogen and oxygen atoms in total. The molecule has 0 saturated carbocycles. The molecular weight excluding hydrogens is 378 g/mol. The molecule has 0 aliphatic heterocycles. The van der Waals surface area contributed by atoms with Crippen LogP contribution in [0, 0.1) is 5.92 Å². The van der Waals surface area contributed by atoms with Gasteiger partial charge in [-0.25, -0.2) is 0 Å². The summed E-state index contributed by atoms with van der Waals surface area (Å²) in [5.41, 5.74) is 5.15. The SMILES string of the molecule is O=C(O)CC/C=C\C1CC(=O)c2c([nH]c(-c3ccncc3)c2Nc2ccccc2)C1. The highest BCUT2D eigenvalue weighted by Crippen LogP contribution is 2.40. The first-order valence-corrected chi connectivity index (χ1v) is 10.0. The molecule has 3 aromatic rings. The highest BCUT2D eigenvalue weighted by atomic mass is 16.4. The van der Waals surface area contributed by atoms with Crippen molar-refractivity contribution in [1.29, 1.82) is 0 Å². The van der Waals surface area contributed by atoms with Crippen LogP contribution in [0.2, 0.25) is 0 Å². The number of para-hydroxylation sites is 1. The fraction of sp³-hybridized carbons (Fsp3) is 0.208. The summed E-state index contributed by atoms with van der Waals surface area (Å²) in [6.07, 6.45) is 9.00. The van der Waals surface area contributed by atoms with Crippen LogP contribution in [0.3, 0.4) is 0 Å². The molecule has 2 aromatic heterocycles. The van der Waals surface area contributed by atoms with E-state index in [-0.39, 0.29) is 18.1 Å². The highest BCUT2D eigenvalue weighted by Gasteiger charge is 2.30. The summed E-state index contributed by atoms with van der Waals surface area (Å²) in [7, 11) is 0. The third kappa shape index (κ3) is 4.33. The van der Waals surface area contributed by atoms with Crippen molar-refractivity contribution in [3.8, 4) is 11.3 Å². The topological polar surface area (TPSA) is 95.1 Å². The maximum Gasteiger partial charge on any atom is 0.303 e. The zero-order valence-electron chi connectivity index (χ0n) is 16.5. The summed E-state index contributed by atoms with van der Waals surface area (Å²) in [6.45, 7) is 0. The molecule has 6 heteroatoms. The summed E-state index contributed by atoms with van der Waals surface area (Å²) < 4.78 is 0. The Hall–Kier alpha value is -3.67. The lowest BCUT2D eigenvalue weighted by Gasteiger charge is -2.19. The number of aromatic nitrogens is 2. The van der Waals surface area contributed by atoms with E-state index in [9.17, 15) is 9.59 Å². The van der Waals surface area contributed by atoms with E-state index in [0.29, 0.717) is 24.8 Å². The molecule has 0 fully saturated rings. The van der Waals surface area contributed by atoms with Crippen molar-refractivity contribution in [2.75, 3.05) is 5.32 Å². The van der Waals surface area contributed by atoms with Crippen molar-refractivity contribution in [3.63, 3.8) is 0 Å². The summed E-state index contributed by atoms with van der Waals surface area (Å²) in [5.74, 6) is -0.670. The van der Waals surface area contributed by atoms with Gasteiger partial charge in [-0.3, -0.25) is 14.6 Å². The predicted octanol–water partition coefficient (Wildman–Crippen LogP) is 4.99. The van der Waals surface area contributed by atoms with Crippen LogP contribution in [0.4, 0.5) is 11.4 Å². The second-order valence-corrected chi connectivity index (χ2v) is 7.41. The normalized spacial score (nSPS) is 15.9. The number of carbonyl (C=O) groups is 2. The lowest BCUT2D eigenvalue weighted by atomic mass is 9.85. The second kappa shape index (κ2) is 8.78. The molecule has 0 radical (unpaired) electrons. The number of hydrogen-bond acceptors (Lipinski definition) is 4. The van der Waals surface area contributed by atoms with Gasteiger partial charge in [-0.05, 0) is 43.0 Å². The number of H-pyrrole nitrogens is 1. The Kier molecular flexibility index (Phi) is 5.75. The largest absolute Gasteiger partial charge is 0.481 e. The first kappa shape index (κ1) is 19.6. The van der Waals surface area contributed by atoms with E-state index in [1.165, 1.54) is 0 Å². The Bertz CT molecular complexity index is 1070. The predicted molar refractivity (Wildman–Crippen MR) is 116 cm³/mol. The van der Waals surface area contributed by atoms with Crippen LogP contribution in [0.5, 0.6) is 0 Å². The lowest BCUT2D eigenvalue weighted by Crippen LogP contribution is -2.18. The number of nitrogens with zero attached hydrogens (tertiary/aromatic N) is 1. The Labute approximate surface area is 174 Å². The summed E-state index contributed by atoms with van der Waals surface area (Å²) in [6, 6.07) is 13.6. The number of carboxylic acid groups (broad SMARTS) is 1. The average molecular weight is 401 g/mol. The highest BCUT2D eigenvalue weighted by molar-refractivity contribution is 6.07. The van der Waals surface area contributed by atoms with Gasteiger partial charge in [0.1, 0.15) is 0 Å². The smallest absolute Gasteiger partial charge is 0.303 e. The maximum absolute atomic E-state index is 13.1. The van der Waals surface area contributed by atoms with Crippen molar-refractivity contribution in [2.24, 2.45) is 5.92 Å².